The molecule has 0 aliphatic carbocycles. The van der Waals surface area contributed by atoms with Crippen molar-refractivity contribution in [1.82, 2.24) is 0 Å². The highest BCUT2D eigenvalue weighted by Gasteiger charge is 2.17. The zero-order chi connectivity index (χ0) is 17.0. The summed E-state index contributed by atoms with van der Waals surface area (Å²) in [6, 6.07) is 7.36. The van der Waals surface area contributed by atoms with Crippen LogP contribution >= 0.6 is 0 Å². The molecule has 0 saturated carbocycles. The van der Waals surface area contributed by atoms with Crippen LogP contribution in [0.4, 0.5) is 25.8 Å². The molecular weight excluding hydrogens is 312 g/mol. The molecule has 2 rings (SSSR count). The van der Waals surface area contributed by atoms with Crippen molar-refractivity contribution < 1.29 is 23.3 Å². The molecule has 0 aliphatic rings. The summed E-state index contributed by atoms with van der Waals surface area (Å²) in [5.74, 6) is -4.24. The second-order valence-electron chi connectivity index (χ2n) is 4.34. The molecule has 0 aromatic heterocycles. The number of anilines is 2. The molecule has 2 N–H and O–H groups in total. The molecule has 0 spiro atoms. The maximum absolute atomic E-state index is 13.4. The minimum Gasteiger partial charge on any atom is -0.318 e. The Balaban J connectivity index is 2.07. The number of hydrogen-bond acceptors (Lipinski definition) is 4. The Labute approximate surface area is 128 Å². The van der Waals surface area contributed by atoms with Gasteiger partial charge in [0.1, 0.15) is 11.6 Å². The Morgan fingerprint density at radius 2 is 1.70 bits per heavy atom. The zero-order valence-corrected chi connectivity index (χ0v) is 11.4. The molecule has 7 nitrogen and oxygen atoms in total. The average molecular weight is 321 g/mol. The fourth-order valence-corrected chi connectivity index (χ4v) is 1.66. The number of carbonyl (C=O) groups excluding carboxylic acids is 2. The first-order valence-corrected chi connectivity index (χ1v) is 6.18. The number of benzene rings is 2. The van der Waals surface area contributed by atoms with Gasteiger partial charge in [0.05, 0.1) is 10.6 Å². The summed E-state index contributed by atoms with van der Waals surface area (Å²) < 4.78 is 26.1. The summed E-state index contributed by atoms with van der Waals surface area (Å²) in [4.78, 5) is 33.3. The predicted octanol–water partition coefficient (Wildman–Crippen LogP) is 2.45. The van der Waals surface area contributed by atoms with Gasteiger partial charge >= 0.3 is 11.8 Å². The lowest BCUT2D eigenvalue weighted by molar-refractivity contribution is -0.384. The van der Waals surface area contributed by atoms with E-state index in [9.17, 15) is 28.5 Å². The highest BCUT2D eigenvalue weighted by Crippen LogP contribution is 2.18. The van der Waals surface area contributed by atoms with Crippen LogP contribution in [0.25, 0.3) is 0 Å². The van der Waals surface area contributed by atoms with Crippen molar-refractivity contribution in [2.24, 2.45) is 0 Å². The van der Waals surface area contributed by atoms with Gasteiger partial charge < -0.3 is 10.6 Å². The third-order valence-corrected chi connectivity index (χ3v) is 2.70. The Hall–Kier alpha value is -3.36. The first-order valence-electron chi connectivity index (χ1n) is 6.18. The summed E-state index contributed by atoms with van der Waals surface area (Å²) in [6.45, 7) is 0. The van der Waals surface area contributed by atoms with Gasteiger partial charge in [0.15, 0.2) is 0 Å². The molecule has 0 saturated heterocycles. The van der Waals surface area contributed by atoms with Gasteiger partial charge in [-0.3, -0.25) is 19.7 Å². The van der Waals surface area contributed by atoms with E-state index in [4.69, 9.17) is 0 Å². The first-order chi connectivity index (χ1) is 10.9. The Morgan fingerprint density at radius 1 is 1.00 bits per heavy atom. The maximum atomic E-state index is 13.4. The molecule has 0 aliphatic heterocycles. The number of non-ortho nitro benzene ring substituents is 1. The predicted molar refractivity (Wildman–Crippen MR) is 76.7 cm³/mol. The van der Waals surface area contributed by atoms with Gasteiger partial charge in [-0.05, 0) is 18.2 Å². The molecule has 0 fully saturated rings. The molecule has 2 amide bonds. The summed E-state index contributed by atoms with van der Waals surface area (Å²) >= 11 is 0. The van der Waals surface area contributed by atoms with Crippen molar-refractivity contribution in [3.63, 3.8) is 0 Å². The molecule has 118 valence electrons. The van der Waals surface area contributed by atoms with Crippen LogP contribution in [-0.2, 0) is 9.59 Å². The van der Waals surface area contributed by atoms with E-state index < -0.39 is 28.4 Å². The van der Waals surface area contributed by atoms with Crippen LogP contribution < -0.4 is 10.6 Å². The number of hydrogen-bond donors (Lipinski definition) is 2. The van der Waals surface area contributed by atoms with Crippen molar-refractivity contribution >= 4 is 28.9 Å². The highest BCUT2D eigenvalue weighted by atomic mass is 19.1. The van der Waals surface area contributed by atoms with E-state index in [0.29, 0.717) is 6.07 Å². The number of nitro benzene ring substituents is 1. The van der Waals surface area contributed by atoms with Crippen LogP contribution in [0.3, 0.4) is 0 Å². The topological polar surface area (TPSA) is 101 Å². The minimum absolute atomic E-state index is 0.0268. The molecule has 0 bridgehead atoms. The van der Waals surface area contributed by atoms with Gasteiger partial charge in [0.2, 0.25) is 0 Å². The number of halogens is 2. The molecule has 2 aromatic carbocycles. The van der Waals surface area contributed by atoms with Gasteiger partial charge in [0, 0.05) is 23.9 Å². The van der Waals surface area contributed by atoms with Crippen molar-refractivity contribution in [1.29, 1.82) is 0 Å². The summed E-state index contributed by atoms with van der Waals surface area (Å²) in [5.41, 5.74) is -0.614. The maximum Gasteiger partial charge on any atom is 0.314 e. The fourth-order valence-electron chi connectivity index (χ4n) is 1.66. The third-order valence-electron chi connectivity index (χ3n) is 2.70. The lowest BCUT2D eigenvalue weighted by Crippen LogP contribution is -2.29. The number of nitrogens with one attached hydrogen (secondary N) is 2. The number of nitro groups is 1. The fraction of sp³-hybridized carbons (Fsp3) is 0. The van der Waals surface area contributed by atoms with E-state index in [1.54, 1.807) is 0 Å². The Morgan fingerprint density at radius 3 is 2.35 bits per heavy atom. The van der Waals surface area contributed by atoms with Crippen LogP contribution in [-0.4, -0.2) is 16.7 Å². The standard InChI is InChI=1S/C14H9F2N3O4/c15-8-4-5-12(11(16)6-8)18-14(21)13(20)17-9-2-1-3-10(7-9)19(22)23/h1-7H,(H,17,20)(H,18,21). The van der Waals surface area contributed by atoms with Crippen LogP contribution in [0, 0.1) is 21.7 Å². The third kappa shape index (κ3) is 4.06. The van der Waals surface area contributed by atoms with Crippen LogP contribution in [0.2, 0.25) is 0 Å². The van der Waals surface area contributed by atoms with E-state index in [1.165, 1.54) is 18.2 Å². The number of nitrogens with zero attached hydrogens (tertiary/aromatic N) is 1. The van der Waals surface area contributed by atoms with E-state index in [2.05, 4.69) is 5.32 Å². The van der Waals surface area contributed by atoms with Gasteiger partial charge in [0.25, 0.3) is 5.69 Å². The SMILES string of the molecule is O=C(Nc1cccc([N+](=O)[O-])c1)C(=O)Nc1ccc(F)cc1F. The normalized spacial score (nSPS) is 10.0. The van der Waals surface area contributed by atoms with E-state index in [1.807, 2.05) is 5.32 Å². The van der Waals surface area contributed by atoms with E-state index >= 15 is 0 Å². The second kappa shape index (κ2) is 6.60. The molecule has 0 radical (unpaired) electrons. The molecule has 2 aromatic rings. The summed E-state index contributed by atoms with van der Waals surface area (Å²) in [5, 5.41) is 14.7. The van der Waals surface area contributed by atoms with Gasteiger partial charge in [-0.2, -0.15) is 0 Å². The molecule has 0 unspecified atom stereocenters. The number of amides is 2. The van der Waals surface area contributed by atoms with Crippen molar-refractivity contribution in [2.45, 2.75) is 0 Å². The molecule has 9 heteroatoms. The lowest BCUT2D eigenvalue weighted by Gasteiger charge is -2.07. The lowest BCUT2D eigenvalue weighted by atomic mass is 10.2. The molecule has 0 atom stereocenters. The number of rotatable bonds is 3. The zero-order valence-electron chi connectivity index (χ0n) is 11.4. The average Bonchev–Trinajstić information content (AvgIpc) is 2.50. The molecule has 23 heavy (non-hydrogen) atoms. The first kappa shape index (κ1) is 16.0. The van der Waals surface area contributed by atoms with E-state index in [0.717, 1.165) is 18.2 Å². The Kier molecular flexibility index (Phi) is 4.60. The quantitative estimate of drug-likeness (QED) is 0.515. The second-order valence-corrected chi connectivity index (χ2v) is 4.34. The van der Waals surface area contributed by atoms with E-state index in [-0.39, 0.29) is 17.1 Å². The monoisotopic (exact) mass is 321 g/mol. The molecular formula is C14H9F2N3O4. The van der Waals surface area contributed by atoms with Crippen molar-refractivity contribution in [3.05, 3.63) is 64.2 Å². The van der Waals surface area contributed by atoms with Gasteiger partial charge in [-0.25, -0.2) is 8.78 Å². The van der Waals surface area contributed by atoms with Crippen molar-refractivity contribution in [2.75, 3.05) is 10.6 Å². The van der Waals surface area contributed by atoms with Gasteiger partial charge in [-0.15, -0.1) is 0 Å². The Bertz CT molecular complexity index is 795. The van der Waals surface area contributed by atoms with Crippen molar-refractivity contribution in [3.8, 4) is 0 Å². The summed E-state index contributed by atoms with van der Waals surface area (Å²) in [7, 11) is 0. The highest BCUT2D eigenvalue weighted by molar-refractivity contribution is 6.43. The van der Waals surface area contributed by atoms with Crippen LogP contribution in [0.15, 0.2) is 42.5 Å². The molecule has 0 heterocycles. The number of carbonyl (C=O) groups is 2. The smallest absolute Gasteiger partial charge is 0.314 e. The summed E-state index contributed by atoms with van der Waals surface area (Å²) in [6.07, 6.45) is 0. The largest absolute Gasteiger partial charge is 0.318 e. The van der Waals surface area contributed by atoms with Gasteiger partial charge in [-0.1, -0.05) is 6.07 Å². The van der Waals surface area contributed by atoms with Crippen LogP contribution in [0.5, 0.6) is 0 Å². The van der Waals surface area contributed by atoms with Crippen LogP contribution in [0.1, 0.15) is 0 Å². The minimum atomic E-state index is -1.21.